The lowest BCUT2D eigenvalue weighted by Crippen LogP contribution is -2.26. The molecule has 0 saturated carbocycles. The Balaban J connectivity index is 1.30. The number of H-pyrrole nitrogens is 1. The van der Waals surface area contributed by atoms with E-state index in [1.165, 1.54) is 22.3 Å². The van der Waals surface area contributed by atoms with E-state index in [1.807, 2.05) is 12.1 Å². The van der Waals surface area contributed by atoms with Crippen molar-refractivity contribution in [1.29, 1.82) is 0 Å². The Morgan fingerprint density at radius 2 is 1.69 bits per heavy atom. The van der Waals surface area contributed by atoms with Crippen LogP contribution in [-0.4, -0.2) is 26.9 Å². The standard InChI is InChI=1S/C29H28N6/c30-26-18-25(28-29(32-26)34-35-33-28)22(19-9-3-1-4-10-19)15-16-31-27-23-14-8-7-13-21(23)17-24(27)20-11-5-2-6-12-20/h1-14,18,22,24,27,31H,15-17H2,(H3,30,32,33,34,35). The number of pyridine rings is 1. The Bertz CT molecular complexity index is 1430. The average Bonchev–Trinajstić information content (AvgIpc) is 3.52. The van der Waals surface area contributed by atoms with E-state index in [4.69, 9.17) is 5.73 Å². The topological polar surface area (TPSA) is 92.5 Å². The lowest BCUT2D eigenvalue weighted by molar-refractivity contribution is 0.462. The Hall–Kier alpha value is -4.03. The molecule has 0 fully saturated rings. The highest BCUT2D eigenvalue weighted by atomic mass is 15.3. The van der Waals surface area contributed by atoms with Crippen molar-refractivity contribution in [2.75, 3.05) is 12.3 Å². The van der Waals surface area contributed by atoms with Gasteiger partial charge in [0, 0.05) is 17.9 Å². The minimum absolute atomic E-state index is 0.119. The lowest BCUT2D eigenvalue weighted by atomic mass is 9.87. The first-order valence-electron chi connectivity index (χ1n) is 12.2. The van der Waals surface area contributed by atoms with E-state index < -0.39 is 0 Å². The maximum Gasteiger partial charge on any atom is 0.178 e. The molecule has 1 aliphatic rings. The van der Waals surface area contributed by atoms with Gasteiger partial charge in [0.05, 0.1) is 0 Å². The minimum Gasteiger partial charge on any atom is -0.384 e. The predicted octanol–water partition coefficient (Wildman–Crippen LogP) is 5.13. The molecule has 2 heterocycles. The van der Waals surface area contributed by atoms with Crippen LogP contribution < -0.4 is 11.1 Å². The van der Waals surface area contributed by atoms with Crippen LogP contribution in [0.3, 0.4) is 0 Å². The zero-order chi connectivity index (χ0) is 23.6. The summed E-state index contributed by atoms with van der Waals surface area (Å²) in [7, 11) is 0. The molecule has 0 radical (unpaired) electrons. The third-order valence-corrected chi connectivity index (χ3v) is 7.18. The number of rotatable bonds is 7. The van der Waals surface area contributed by atoms with Gasteiger partial charge in [0.1, 0.15) is 11.3 Å². The molecular weight excluding hydrogens is 432 g/mol. The molecule has 3 atom stereocenters. The zero-order valence-corrected chi connectivity index (χ0v) is 19.4. The number of aromatic amines is 1. The summed E-state index contributed by atoms with van der Waals surface area (Å²) < 4.78 is 0. The fourth-order valence-electron chi connectivity index (χ4n) is 5.58. The zero-order valence-electron chi connectivity index (χ0n) is 19.4. The van der Waals surface area contributed by atoms with E-state index in [1.54, 1.807) is 0 Å². The van der Waals surface area contributed by atoms with Crippen molar-refractivity contribution in [2.24, 2.45) is 0 Å². The molecule has 1 aliphatic carbocycles. The number of nitrogens with zero attached hydrogens (tertiary/aromatic N) is 3. The molecule has 6 rings (SSSR count). The van der Waals surface area contributed by atoms with Gasteiger partial charge in [0.15, 0.2) is 5.65 Å². The molecule has 0 bridgehead atoms. The summed E-state index contributed by atoms with van der Waals surface area (Å²) in [5.74, 6) is 1.01. The second-order valence-electron chi connectivity index (χ2n) is 9.25. The van der Waals surface area contributed by atoms with Gasteiger partial charge in [0.2, 0.25) is 0 Å². The lowest BCUT2D eigenvalue weighted by Gasteiger charge is -2.25. The third kappa shape index (κ3) is 4.17. The minimum atomic E-state index is 0.119. The summed E-state index contributed by atoms with van der Waals surface area (Å²) in [4.78, 5) is 4.37. The Morgan fingerprint density at radius 1 is 0.943 bits per heavy atom. The predicted molar refractivity (Wildman–Crippen MR) is 139 cm³/mol. The van der Waals surface area contributed by atoms with E-state index in [-0.39, 0.29) is 12.0 Å². The van der Waals surface area contributed by atoms with Gasteiger partial charge in [-0.25, -0.2) is 10.1 Å². The van der Waals surface area contributed by atoms with Gasteiger partial charge in [-0.1, -0.05) is 90.1 Å². The SMILES string of the molecule is Nc1cc(C(CCNC2c3ccccc3CC2c2ccccc2)c2ccccc2)c2nn[nH]c2n1. The Labute approximate surface area is 204 Å². The second-order valence-corrected chi connectivity index (χ2v) is 9.25. The van der Waals surface area contributed by atoms with Crippen LogP contribution in [0.15, 0.2) is 91.0 Å². The molecule has 35 heavy (non-hydrogen) atoms. The molecule has 6 heteroatoms. The van der Waals surface area contributed by atoms with Gasteiger partial charge in [-0.2, -0.15) is 0 Å². The van der Waals surface area contributed by atoms with Crippen molar-refractivity contribution in [3.63, 3.8) is 0 Å². The number of anilines is 1. The van der Waals surface area contributed by atoms with Crippen LogP contribution in [0.2, 0.25) is 0 Å². The molecule has 5 aromatic rings. The molecule has 0 aliphatic heterocycles. The molecule has 0 spiro atoms. The van der Waals surface area contributed by atoms with E-state index in [9.17, 15) is 0 Å². The number of nitrogens with one attached hydrogen (secondary N) is 2. The van der Waals surface area contributed by atoms with Crippen molar-refractivity contribution in [1.82, 2.24) is 25.7 Å². The summed E-state index contributed by atoms with van der Waals surface area (Å²) in [5.41, 5.74) is 14.1. The number of hydrogen-bond donors (Lipinski definition) is 3. The van der Waals surface area contributed by atoms with Crippen LogP contribution in [0.4, 0.5) is 5.82 Å². The largest absolute Gasteiger partial charge is 0.384 e. The molecule has 2 aromatic heterocycles. The van der Waals surface area contributed by atoms with Crippen molar-refractivity contribution < 1.29 is 0 Å². The van der Waals surface area contributed by atoms with Crippen molar-refractivity contribution >= 4 is 17.0 Å². The third-order valence-electron chi connectivity index (χ3n) is 7.18. The monoisotopic (exact) mass is 460 g/mol. The quantitative estimate of drug-likeness (QED) is 0.313. The number of fused-ring (bicyclic) bond motifs is 2. The van der Waals surface area contributed by atoms with Crippen LogP contribution in [0.5, 0.6) is 0 Å². The van der Waals surface area contributed by atoms with Gasteiger partial charge in [-0.3, -0.25) is 0 Å². The highest BCUT2D eigenvalue weighted by molar-refractivity contribution is 5.77. The van der Waals surface area contributed by atoms with Crippen molar-refractivity contribution in [2.45, 2.75) is 30.7 Å². The summed E-state index contributed by atoms with van der Waals surface area (Å²) in [5, 5.41) is 15.1. The number of aromatic nitrogens is 4. The van der Waals surface area contributed by atoms with E-state index in [2.05, 4.69) is 105 Å². The van der Waals surface area contributed by atoms with Gasteiger partial charge in [-0.05, 0) is 53.3 Å². The molecule has 174 valence electrons. The summed E-state index contributed by atoms with van der Waals surface area (Å²) in [6.07, 6.45) is 1.95. The highest BCUT2D eigenvalue weighted by Crippen LogP contribution is 2.42. The molecule has 6 nitrogen and oxygen atoms in total. The first kappa shape index (κ1) is 21.5. The van der Waals surface area contributed by atoms with Crippen LogP contribution in [0.25, 0.3) is 11.2 Å². The van der Waals surface area contributed by atoms with Gasteiger partial charge >= 0.3 is 0 Å². The number of hydrogen-bond acceptors (Lipinski definition) is 5. The first-order valence-corrected chi connectivity index (χ1v) is 12.2. The average molecular weight is 461 g/mol. The van der Waals surface area contributed by atoms with Crippen molar-refractivity contribution in [3.05, 3.63) is 119 Å². The van der Waals surface area contributed by atoms with Crippen molar-refractivity contribution in [3.8, 4) is 0 Å². The van der Waals surface area contributed by atoms with Gasteiger partial charge in [-0.15, -0.1) is 5.10 Å². The summed E-state index contributed by atoms with van der Waals surface area (Å²) in [6.45, 7) is 0.851. The van der Waals surface area contributed by atoms with E-state index in [0.717, 1.165) is 30.5 Å². The highest BCUT2D eigenvalue weighted by Gasteiger charge is 2.33. The number of benzene rings is 3. The smallest absolute Gasteiger partial charge is 0.178 e. The van der Waals surface area contributed by atoms with E-state index in [0.29, 0.717) is 17.4 Å². The number of nitrogens with two attached hydrogens (primary N) is 1. The maximum atomic E-state index is 6.16. The molecule has 0 saturated heterocycles. The first-order chi connectivity index (χ1) is 17.3. The summed E-state index contributed by atoms with van der Waals surface area (Å²) in [6, 6.07) is 32.5. The molecule has 3 unspecified atom stereocenters. The number of nitrogen functional groups attached to an aromatic ring is 1. The fraction of sp³-hybridized carbons (Fsp3) is 0.207. The van der Waals surface area contributed by atoms with E-state index >= 15 is 0 Å². The normalized spacial score (nSPS) is 17.9. The Morgan fingerprint density at radius 3 is 2.51 bits per heavy atom. The van der Waals surface area contributed by atoms with Gasteiger partial charge in [0.25, 0.3) is 0 Å². The molecule has 4 N–H and O–H groups in total. The van der Waals surface area contributed by atoms with Crippen LogP contribution in [0.1, 0.15) is 52.1 Å². The van der Waals surface area contributed by atoms with Crippen LogP contribution >= 0.6 is 0 Å². The second kappa shape index (κ2) is 9.31. The fourth-order valence-corrected chi connectivity index (χ4v) is 5.58. The maximum absolute atomic E-state index is 6.16. The summed E-state index contributed by atoms with van der Waals surface area (Å²) >= 11 is 0. The molecular formula is C29H28N6. The molecule has 0 amide bonds. The van der Waals surface area contributed by atoms with Gasteiger partial charge < -0.3 is 11.1 Å². The van der Waals surface area contributed by atoms with Crippen LogP contribution in [-0.2, 0) is 6.42 Å². The Kier molecular flexibility index (Phi) is 5.72. The molecule has 3 aromatic carbocycles. The van der Waals surface area contributed by atoms with Crippen LogP contribution in [0, 0.1) is 0 Å².